The summed E-state index contributed by atoms with van der Waals surface area (Å²) >= 11 is 0. The Morgan fingerprint density at radius 2 is 1.77 bits per heavy atom. The van der Waals surface area contributed by atoms with E-state index in [2.05, 4.69) is 0 Å². The molecule has 22 heavy (non-hydrogen) atoms. The second kappa shape index (κ2) is 5.10. The van der Waals surface area contributed by atoms with E-state index in [1.807, 2.05) is 12.1 Å². The zero-order valence-electron chi connectivity index (χ0n) is 11.8. The average Bonchev–Trinajstić information content (AvgIpc) is 2.83. The Bertz CT molecular complexity index is 848. The van der Waals surface area contributed by atoms with Crippen LogP contribution in [0.4, 0.5) is 11.4 Å². The number of rotatable bonds is 3. The van der Waals surface area contributed by atoms with Crippen molar-refractivity contribution in [2.24, 2.45) is 0 Å². The molecule has 0 bridgehead atoms. The van der Waals surface area contributed by atoms with Crippen molar-refractivity contribution >= 4 is 21.4 Å². The molecule has 0 amide bonds. The van der Waals surface area contributed by atoms with Crippen LogP contribution in [0.15, 0.2) is 53.4 Å². The van der Waals surface area contributed by atoms with E-state index in [0.717, 1.165) is 5.56 Å². The summed E-state index contributed by atoms with van der Waals surface area (Å²) in [4.78, 5) is 10.2. The van der Waals surface area contributed by atoms with Crippen LogP contribution in [0.5, 0.6) is 0 Å². The lowest BCUT2D eigenvalue weighted by Crippen LogP contribution is -2.36. The van der Waals surface area contributed by atoms with Gasteiger partial charge in [0.25, 0.3) is 15.7 Å². The molecule has 1 aliphatic rings. The molecule has 0 saturated heterocycles. The van der Waals surface area contributed by atoms with Gasteiger partial charge in [0.1, 0.15) is 0 Å². The first-order valence-corrected chi connectivity index (χ1v) is 8.22. The highest BCUT2D eigenvalue weighted by atomic mass is 32.2. The fraction of sp³-hybridized carbons (Fsp3) is 0.200. The molecule has 2 aromatic rings. The van der Waals surface area contributed by atoms with E-state index in [1.165, 1.54) is 28.6 Å². The highest BCUT2D eigenvalue weighted by molar-refractivity contribution is 7.93. The van der Waals surface area contributed by atoms with Crippen LogP contribution < -0.4 is 4.31 Å². The number of fused-ring (bicyclic) bond motifs is 1. The zero-order valence-corrected chi connectivity index (χ0v) is 12.7. The molecule has 2 aromatic carbocycles. The fourth-order valence-corrected chi connectivity index (χ4v) is 4.69. The maximum Gasteiger partial charge on any atom is 0.289 e. The normalized spacial score (nSPS) is 17.3. The number of nitro groups is 1. The van der Waals surface area contributed by atoms with E-state index in [9.17, 15) is 18.5 Å². The second-order valence-corrected chi connectivity index (χ2v) is 6.99. The van der Waals surface area contributed by atoms with E-state index in [4.69, 9.17) is 0 Å². The molecule has 0 saturated carbocycles. The lowest BCUT2D eigenvalue weighted by Gasteiger charge is -2.24. The maximum atomic E-state index is 13.0. The molecule has 0 aromatic heterocycles. The van der Waals surface area contributed by atoms with Gasteiger partial charge in [-0.05, 0) is 31.0 Å². The Morgan fingerprint density at radius 1 is 1.14 bits per heavy atom. The van der Waals surface area contributed by atoms with Crippen LogP contribution in [0.3, 0.4) is 0 Å². The van der Waals surface area contributed by atoms with E-state index < -0.39 is 20.6 Å². The number of hydrogen-bond acceptors (Lipinski definition) is 4. The van der Waals surface area contributed by atoms with Crippen LogP contribution in [0.25, 0.3) is 0 Å². The summed E-state index contributed by atoms with van der Waals surface area (Å²) in [6.45, 7) is 1.80. The number of benzene rings is 2. The Kier molecular flexibility index (Phi) is 3.37. The topological polar surface area (TPSA) is 80.5 Å². The maximum absolute atomic E-state index is 13.0. The molecule has 1 atom stereocenters. The lowest BCUT2D eigenvalue weighted by atomic mass is 10.1. The minimum atomic E-state index is -3.99. The molecule has 0 radical (unpaired) electrons. The van der Waals surface area contributed by atoms with Gasteiger partial charge in [-0.25, -0.2) is 8.42 Å². The third-order valence-corrected chi connectivity index (χ3v) is 5.72. The highest BCUT2D eigenvalue weighted by Crippen LogP contribution is 2.38. The molecule has 114 valence electrons. The Morgan fingerprint density at radius 3 is 2.50 bits per heavy atom. The lowest BCUT2D eigenvalue weighted by molar-refractivity contribution is -0.387. The molecule has 6 nitrogen and oxygen atoms in total. The predicted molar refractivity (Wildman–Crippen MR) is 82.4 cm³/mol. The average molecular weight is 318 g/mol. The van der Waals surface area contributed by atoms with Gasteiger partial charge in [0.2, 0.25) is 0 Å². The van der Waals surface area contributed by atoms with Gasteiger partial charge >= 0.3 is 0 Å². The number of nitrogens with zero attached hydrogens (tertiary/aromatic N) is 2. The van der Waals surface area contributed by atoms with Crippen LogP contribution in [-0.2, 0) is 16.4 Å². The first-order valence-electron chi connectivity index (χ1n) is 6.78. The van der Waals surface area contributed by atoms with Gasteiger partial charge in [0, 0.05) is 12.1 Å². The number of anilines is 1. The van der Waals surface area contributed by atoms with Crippen LogP contribution in [0, 0.1) is 10.1 Å². The van der Waals surface area contributed by atoms with E-state index in [0.29, 0.717) is 12.1 Å². The monoisotopic (exact) mass is 318 g/mol. The molecule has 1 heterocycles. The summed E-state index contributed by atoms with van der Waals surface area (Å²) < 4.78 is 27.2. The van der Waals surface area contributed by atoms with Crippen LogP contribution in [0.2, 0.25) is 0 Å². The van der Waals surface area contributed by atoms with Crippen LogP contribution in [0.1, 0.15) is 12.5 Å². The number of nitro benzene ring substituents is 1. The zero-order chi connectivity index (χ0) is 15.9. The first kappa shape index (κ1) is 14.5. The summed E-state index contributed by atoms with van der Waals surface area (Å²) in [6, 6.07) is 12.4. The number of hydrogen-bond donors (Lipinski definition) is 0. The Balaban J connectivity index is 2.18. The van der Waals surface area contributed by atoms with E-state index in [1.54, 1.807) is 19.1 Å². The Labute approximate surface area is 128 Å². The molecule has 0 N–H and O–H groups in total. The number of para-hydroxylation sites is 2. The smallest absolute Gasteiger partial charge is 0.263 e. The molecule has 7 heteroatoms. The van der Waals surface area contributed by atoms with Crippen LogP contribution in [-0.4, -0.2) is 19.4 Å². The molecule has 1 aliphatic heterocycles. The molecular weight excluding hydrogens is 304 g/mol. The molecule has 0 unspecified atom stereocenters. The predicted octanol–water partition coefficient (Wildman–Crippen LogP) is 2.73. The highest BCUT2D eigenvalue weighted by Gasteiger charge is 2.38. The van der Waals surface area contributed by atoms with Crippen molar-refractivity contribution in [2.45, 2.75) is 24.3 Å². The van der Waals surface area contributed by atoms with Crippen molar-refractivity contribution in [2.75, 3.05) is 4.31 Å². The molecule has 3 rings (SSSR count). The largest absolute Gasteiger partial charge is 0.289 e. The number of sulfonamides is 1. The SMILES string of the molecule is C[C@@H]1Cc2ccccc2N1S(=O)(=O)c1ccccc1[N+](=O)[O-]. The molecular formula is C15H14N2O4S. The summed E-state index contributed by atoms with van der Waals surface area (Å²) in [5, 5.41) is 11.1. The minimum Gasteiger partial charge on any atom is -0.263 e. The van der Waals surface area contributed by atoms with E-state index >= 15 is 0 Å². The van der Waals surface area contributed by atoms with Crippen molar-refractivity contribution in [3.63, 3.8) is 0 Å². The summed E-state index contributed by atoms with van der Waals surface area (Å²) in [5.74, 6) is 0. The third kappa shape index (κ3) is 2.14. The van der Waals surface area contributed by atoms with Gasteiger partial charge in [0.15, 0.2) is 4.90 Å². The van der Waals surface area contributed by atoms with Crippen molar-refractivity contribution in [1.82, 2.24) is 0 Å². The standard InChI is InChI=1S/C15H14N2O4S/c1-11-10-12-6-2-3-7-13(12)16(11)22(20,21)15-9-5-4-8-14(15)17(18)19/h2-9,11H,10H2,1H3/t11-/m1/s1. The summed E-state index contributed by atoms with van der Waals surface area (Å²) in [5.41, 5.74) is 1.12. The van der Waals surface area contributed by atoms with Crippen molar-refractivity contribution in [1.29, 1.82) is 0 Å². The summed E-state index contributed by atoms with van der Waals surface area (Å²) in [6.07, 6.45) is 0.593. The van der Waals surface area contributed by atoms with Gasteiger partial charge in [-0.3, -0.25) is 14.4 Å². The molecule has 0 fully saturated rings. The van der Waals surface area contributed by atoms with Gasteiger partial charge in [-0.15, -0.1) is 0 Å². The van der Waals surface area contributed by atoms with Gasteiger partial charge < -0.3 is 0 Å². The first-order chi connectivity index (χ1) is 10.4. The van der Waals surface area contributed by atoms with Crippen LogP contribution >= 0.6 is 0 Å². The minimum absolute atomic E-state index is 0.274. The third-order valence-electron chi connectivity index (χ3n) is 3.74. The van der Waals surface area contributed by atoms with Gasteiger partial charge in [-0.2, -0.15) is 0 Å². The van der Waals surface area contributed by atoms with Crippen molar-refractivity contribution < 1.29 is 13.3 Å². The summed E-state index contributed by atoms with van der Waals surface area (Å²) in [7, 11) is -3.99. The van der Waals surface area contributed by atoms with Gasteiger partial charge in [-0.1, -0.05) is 30.3 Å². The second-order valence-electron chi connectivity index (χ2n) is 5.21. The Hall–Kier alpha value is -2.41. The van der Waals surface area contributed by atoms with Gasteiger partial charge in [0.05, 0.1) is 10.6 Å². The molecule has 0 spiro atoms. The quantitative estimate of drug-likeness (QED) is 0.643. The molecule has 0 aliphatic carbocycles. The van der Waals surface area contributed by atoms with E-state index in [-0.39, 0.29) is 10.9 Å². The van der Waals surface area contributed by atoms with Crippen molar-refractivity contribution in [3.8, 4) is 0 Å². The fourth-order valence-electron chi connectivity index (χ4n) is 2.84. The van der Waals surface area contributed by atoms with Crippen molar-refractivity contribution in [3.05, 3.63) is 64.2 Å².